The summed E-state index contributed by atoms with van der Waals surface area (Å²) in [7, 11) is 0. The lowest BCUT2D eigenvalue weighted by atomic mass is 10.0. The van der Waals surface area contributed by atoms with Gasteiger partial charge in [-0.05, 0) is 95.4 Å². The number of likely N-dealkylation sites (tertiary alicyclic amines) is 1. The first kappa shape index (κ1) is 16.5. The lowest BCUT2D eigenvalue weighted by Gasteiger charge is -2.33. The highest BCUT2D eigenvalue weighted by Crippen LogP contribution is 2.23. The van der Waals surface area contributed by atoms with E-state index in [1.807, 2.05) is 0 Å². The van der Waals surface area contributed by atoms with Gasteiger partial charge < -0.3 is 10.2 Å². The van der Waals surface area contributed by atoms with E-state index in [0.29, 0.717) is 0 Å². The Morgan fingerprint density at radius 2 is 2.10 bits per heavy atom. The molecule has 0 aliphatic carbocycles. The third kappa shape index (κ3) is 5.14. The number of hydrogen-bond donors (Lipinski definition) is 1. The van der Waals surface area contributed by atoms with Crippen molar-refractivity contribution in [2.75, 3.05) is 19.6 Å². The van der Waals surface area contributed by atoms with Crippen LogP contribution in [0.4, 0.5) is 0 Å². The van der Waals surface area contributed by atoms with Gasteiger partial charge in [-0.2, -0.15) is 0 Å². The molecule has 0 bridgehead atoms. The number of nitrogens with zero attached hydrogens (tertiary/aromatic N) is 1. The molecule has 20 heavy (non-hydrogen) atoms. The van der Waals surface area contributed by atoms with Gasteiger partial charge in [-0.25, -0.2) is 0 Å². The number of halogens is 2. The van der Waals surface area contributed by atoms with Crippen LogP contribution >= 0.6 is 31.9 Å². The van der Waals surface area contributed by atoms with Gasteiger partial charge in [0.2, 0.25) is 0 Å². The molecule has 1 aliphatic rings. The fraction of sp³-hybridized carbons (Fsp3) is 0.625. The van der Waals surface area contributed by atoms with Crippen molar-refractivity contribution in [2.45, 2.75) is 45.2 Å². The van der Waals surface area contributed by atoms with Gasteiger partial charge in [0.25, 0.3) is 0 Å². The molecule has 2 rings (SSSR count). The zero-order valence-corrected chi connectivity index (χ0v) is 15.3. The van der Waals surface area contributed by atoms with Gasteiger partial charge >= 0.3 is 0 Å². The molecule has 1 aromatic rings. The normalized spacial score (nSPS) is 20.2. The Kier molecular flexibility index (Phi) is 7.02. The van der Waals surface area contributed by atoms with Crippen molar-refractivity contribution in [1.29, 1.82) is 0 Å². The molecule has 4 heteroatoms. The van der Waals surface area contributed by atoms with Gasteiger partial charge in [-0.1, -0.05) is 12.5 Å². The predicted octanol–water partition coefficient (Wildman–Crippen LogP) is 4.57. The van der Waals surface area contributed by atoms with Crippen LogP contribution in [-0.4, -0.2) is 30.6 Å². The van der Waals surface area contributed by atoms with Crippen molar-refractivity contribution in [1.82, 2.24) is 10.2 Å². The molecule has 1 aromatic carbocycles. The van der Waals surface area contributed by atoms with E-state index in [1.54, 1.807) is 0 Å². The monoisotopic (exact) mass is 402 g/mol. The van der Waals surface area contributed by atoms with Gasteiger partial charge in [-0.15, -0.1) is 0 Å². The van der Waals surface area contributed by atoms with Crippen LogP contribution in [0.25, 0.3) is 0 Å². The van der Waals surface area contributed by atoms with Gasteiger partial charge in [0.05, 0.1) is 0 Å². The molecule has 0 radical (unpaired) electrons. The summed E-state index contributed by atoms with van der Waals surface area (Å²) in [5.41, 5.74) is 1.33. The van der Waals surface area contributed by atoms with Crippen molar-refractivity contribution in [2.24, 2.45) is 0 Å². The molecular weight excluding hydrogens is 380 g/mol. The van der Waals surface area contributed by atoms with Crippen molar-refractivity contribution < 1.29 is 0 Å². The van der Waals surface area contributed by atoms with E-state index in [4.69, 9.17) is 0 Å². The standard InChI is InChI=1S/C16H24Br2N2/c1-13-5-2-3-9-20(13)10-4-8-19-12-14-6-7-15(17)16(18)11-14/h6-7,11,13,19H,2-5,8-10,12H2,1H3. The summed E-state index contributed by atoms with van der Waals surface area (Å²) in [6, 6.07) is 7.21. The quantitative estimate of drug-likeness (QED) is 0.700. The maximum atomic E-state index is 3.55. The second-order valence-corrected chi connectivity index (χ2v) is 7.37. The first-order chi connectivity index (χ1) is 9.66. The zero-order chi connectivity index (χ0) is 14.4. The second-order valence-electron chi connectivity index (χ2n) is 5.66. The van der Waals surface area contributed by atoms with E-state index in [-0.39, 0.29) is 0 Å². The number of benzene rings is 1. The van der Waals surface area contributed by atoms with Crippen LogP contribution in [-0.2, 0) is 6.54 Å². The summed E-state index contributed by atoms with van der Waals surface area (Å²) in [6.07, 6.45) is 5.40. The lowest BCUT2D eigenvalue weighted by molar-refractivity contribution is 0.159. The maximum absolute atomic E-state index is 3.55. The first-order valence-corrected chi connectivity index (χ1v) is 9.14. The molecule has 0 aromatic heterocycles. The van der Waals surface area contributed by atoms with Gasteiger partial charge in [0, 0.05) is 21.5 Å². The van der Waals surface area contributed by atoms with Crippen LogP contribution in [0.1, 0.15) is 38.2 Å². The number of rotatable bonds is 6. The molecule has 1 unspecified atom stereocenters. The molecule has 112 valence electrons. The number of hydrogen-bond acceptors (Lipinski definition) is 2. The summed E-state index contributed by atoms with van der Waals surface area (Å²) in [4.78, 5) is 2.64. The molecule has 0 spiro atoms. The van der Waals surface area contributed by atoms with Crippen LogP contribution in [0.2, 0.25) is 0 Å². The molecule has 1 atom stereocenters. The zero-order valence-electron chi connectivity index (χ0n) is 12.2. The SMILES string of the molecule is CC1CCCCN1CCCNCc1ccc(Br)c(Br)c1. The third-order valence-corrected chi connectivity index (χ3v) is 5.93. The molecule has 1 aliphatic heterocycles. The van der Waals surface area contributed by atoms with Crippen LogP contribution < -0.4 is 5.32 Å². The minimum absolute atomic E-state index is 0.783. The van der Waals surface area contributed by atoms with Crippen molar-refractivity contribution in [3.05, 3.63) is 32.7 Å². The lowest BCUT2D eigenvalue weighted by Crippen LogP contribution is -2.38. The summed E-state index contributed by atoms with van der Waals surface area (Å²) in [5, 5.41) is 3.54. The van der Waals surface area contributed by atoms with Crippen LogP contribution in [0.5, 0.6) is 0 Å². The summed E-state index contributed by atoms with van der Waals surface area (Å²) >= 11 is 7.05. The third-order valence-electron chi connectivity index (χ3n) is 4.05. The first-order valence-electron chi connectivity index (χ1n) is 7.55. The van der Waals surface area contributed by atoms with E-state index in [0.717, 1.165) is 28.1 Å². The van der Waals surface area contributed by atoms with Crippen molar-refractivity contribution in [3.63, 3.8) is 0 Å². The fourth-order valence-electron chi connectivity index (χ4n) is 2.78. The average Bonchev–Trinajstić information content (AvgIpc) is 2.44. The largest absolute Gasteiger partial charge is 0.313 e. The summed E-state index contributed by atoms with van der Waals surface area (Å²) in [6.45, 7) is 6.93. The predicted molar refractivity (Wildman–Crippen MR) is 93.1 cm³/mol. The minimum atomic E-state index is 0.783. The highest BCUT2D eigenvalue weighted by Gasteiger charge is 2.16. The highest BCUT2D eigenvalue weighted by atomic mass is 79.9. The minimum Gasteiger partial charge on any atom is -0.313 e. The molecular formula is C16H24Br2N2. The van der Waals surface area contributed by atoms with Crippen LogP contribution in [0.15, 0.2) is 27.1 Å². The number of piperidine rings is 1. The van der Waals surface area contributed by atoms with Gasteiger partial charge in [-0.3, -0.25) is 0 Å². The summed E-state index contributed by atoms with van der Waals surface area (Å²) < 4.78 is 2.24. The Bertz CT molecular complexity index is 423. The fourth-order valence-corrected chi connectivity index (χ4v) is 3.45. The molecule has 2 nitrogen and oxygen atoms in total. The molecule has 0 amide bonds. The highest BCUT2D eigenvalue weighted by molar-refractivity contribution is 9.13. The molecule has 1 heterocycles. The van der Waals surface area contributed by atoms with Crippen LogP contribution in [0.3, 0.4) is 0 Å². The molecule has 1 fully saturated rings. The Hall–Kier alpha value is 0.1000. The van der Waals surface area contributed by atoms with E-state index < -0.39 is 0 Å². The summed E-state index contributed by atoms with van der Waals surface area (Å²) in [5.74, 6) is 0. The smallest absolute Gasteiger partial charge is 0.0320 e. The van der Waals surface area contributed by atoms with Crippen LogP contribution in [0, 0.1) is 0 Å². The molecule has 1 saturated heterocycles. The van der Waals surface area contributed by atoms with Crippen molar-refractivity contribution in [3.8, 4) is 0 Å². The van der Waals surface area contributed by atoms with E-state index in [9.17, 15) is 0 Å². The van der Waals surface area contributed by atoms with Gasteiger partial charge in [0.1, 0.15) is 0 Å². The maximum Gasteiger partial charge on any atom is 0.0320 e. The van der Waals surface area contributed by atoms with Gasteiger partial charge in [0.15, 0.2) is 0 Å². The topological polar surface area (TPSA) is 15.3 Å². The average molecular weight is 404 g/mol. The van der Waals surface area contributed by atoms with E-state index >= 15 is 0 Å². The Morgan fingerprint density at radius 3 is 2.85 bits per heavy atom. The Labute approximate surface area is 139 Å². The van der Waals surface area contributed by atoms with Crippen molar-refractivity contribution >= 4 is 31.9 Å². The number of nitrogens with one attached hydrogen (secondary N) is 1. The molecule has 1 N–H and O–H groups in total. The Balaban J connectivity index is 1.62. The van der Waals surface area contributed by atoms with E-state index in [2.05, 4.69) is 67.2 Å². The molecule has 0 saturated carbocycles. The second kappa shape index (κ2) is 8.52. The Morgan fingerprint density at radius 1 is 1.25 bits per heavy atom. The van der Waals surface area contributed by atoms with E-state index in [1.165, 1.54) is 44.3 Å².